The Kier molecular flexibility index (Phi) is 6.38. The van der Waals surface area contributed by atoms with Crippen LogP contribution >= 0.6 is 0 Å². The van der Waals surface area contributed by atoms with Gasteiger partial charge in [-0.25, -0.2) is 0 Å². The van der Waals surface area contributed by atoms with Gasteiger partial charge in [0.25, 0.3) is 5.91 Å². The molecule has 6 heteroatoms. The van der Waals surface area contributed by atoms with Crippen molar-refractivity contribution in [3.05, 3.63) is 35.6 Å². The van der Waals surface area contributed by atoms with Crippen LogP contribution in [0.5, 0.6) is 0 Å². The zero-order chi connectivity index (χ0) is 17.4. The average molecular weight is 328 g/mol. The van der Waals surface area contributed by atoms with Gasteiger partial charge in [-0.05, 0) is 37.1 Å². The molecule has 1 aromatic carbocycles. The van der Waals surface area contributed by atoms with Gasteiger partial charge in [0, 0.05) is 18.4 Å². The van der Waals surface area contributed by atoms with Gasteiger partial charge in [0.05, 0.1) is 18.7 Å². The summed E-state index contributed by atoms with van der Waals surface area (Å²) in [7, 11) is 1.39. The third-order valence-corrected chi connectivity index (χ3v) is 3.69. The van der Waals surface area contributed by atoms with Crippen molar-refractivity contribution in [1.29, 1.82) is 5.26 Å². The molecule has 0 aliphatic heterocycles. The number of amides is 1. The van der Waals surface area contributed by atoms with Gasteiger partial charge in [-0.15, -0.1) is 0 Å². The monoisotopic (exact) mass is 328 g/mol. The van der Waals surface area contributed by atoms with E-state index in [0.717, 1.165) is 31.1 Å². The number of methoxy groups -OCH3 is 1. The van der Waals surface area contributed by atoms with Crippen molar-refractivity contribution in [2.75, 3.05) is 13.7 Å². The van der Waals surface area contributed by atoms with Gasteiger partial charge in [0.1, 0.15) is 5.58 Å². The fourth-order valence-electron chi connectivity index (χ4n) is 2.36. The summed E-state index contributed by atoms with van der Waals surface area (Å²) in [6.45, 7) is 0.553. The number of carbonyl (C=O) groups excluding carboxylic acids is 2. The molecule has 1 aromatic heterocycles. The molecule has 6 nitrogen and oxygen atoms in total. The topological polar surface area (TPSA) is 92.3 Å². The number of ether oxygens (including phenoxy) is 1. The third kappa shape index (κ3) is 4.85. The van der Waals surface area contributed by atoms with Gasteiger partial charge >= 0.3 is 5.97 Å². The van der Waals surface area contributed by atoms with Crippen molar-refractivity contribution in [3.8, 4) is 6.07 Å². The Labute approximate surface area is 140 Å². The molecule has 0 unspecified atom stereocenters. The second-order valence-corrected chi connectivity index (χ2v) is 5.47. The molecule has 0 saturated carbocycles. The average Bonchev–Trinajstić information content (AvgIpc) is 3.03. The highest BCUT2D eigenvalue weighted by atomic mass is 16.5. The smallest absolute Gasteiger partial charge is 0.305 e. The molecule has 126 valence electrons. The van der Waals surface area contributed by atoms with Crippen molar-refractivity contribution in [2.45, 2.75) is 32.1 Å². The van der Waals surface area contributed by atoms with E-state index in [1.165, 1.54) is 7.11 Å². The lowest BCUT2D eigenvalue weighted by Crippen LogP contribution is -2.23. The molecule has 0 aliphatic carbocycles. The summed E-state index contributed by atoms with van der Waals surface area (Å²) >= 11 is 0. The molecule has 0 radical (unpaired) electrons. The number of hydrogen-bond acceptors (Lipinski definition) is 5. The van der Waals surface area contributed by atoms with Crippen LogP contribution in [0.25, 0.3) is 11.0 Å². The molecule has 0 spiro atoms. The number of hydrogen-bond donors (Lipinski definition) is 1. The van der Waals surface area contributed by atoms with Gasteiger partial charge in [0.2, 0.25) is 0 Å². The summed E-state index contributed by atoms with van der Waals surface area (Å²) in [6.07, 6.45) is 3.93. The molecule has 24 heavy (non-hydrogen) atoms. The number of nitrogens with zero attached hydrogens (tertiary/aromatic N) is 1. The lowest BCUT2D eigenvalue weighted by Gasteiger charge is -2.03. The third-order valence-electron chi connectivity index (χ3n) is 3.69. The Bertz CT molecular complexity index is 758. The Morgan fingerprint density at radius 2 is 2.00 bits per heavy atom. The van der Waals surface area contributed by atoms with Crippen molar-refractivity contribution in [1.82, 2.24) is 5.32 Å². The number of furan rings is 1. The molecule has 0 saturated heterocycles. The van der Waals surface area contributed by atoms with E-state index in [2.05, 4.69) is 16.1 Å². The van der Waals surface area contributed by atoms with Gasteiger partial charge < -0.3 is 14.5 Å². The Morgan fingerprint density at radius 3 is 2.75 bits per heavy atom. The quantitative estimate of drug-likeness (QED) is 0.593. The van der Waals surface area contributed by atoms with Gasteiger partial charge in [0.15, 0.2) is 5.76 Å². The predicted molar refractivity (Wildman–Crippen MR) is 88.4 cm³/mol. The van der Waals surface area contributed by atoms with Crippen LogP contribution in [0.3, 0.4) is 0 Å². The first kappa shape index (κ1) is 17.5. The van der Waals surface area contributed by atoms with Crippen LogP contribution < -0.4 is 5.32 Å². The van der Waals surface area contributed by atoms with Crippen molar-refractivity contribution in [2.24, 2.45) is 0 Å². The van der Waals surface area contributed by atoms with E-state index in [4.69, 9.17) is 9.68 Å². The minimum absolute atomic E-state index is 0.187. The van der Waals surface area contributed by atoms with Crippen LogP contribution in [-0.4, -0.2) is 25.5 Å². The molecule has 0 aliphatic rings. The number of benzene rings is 1. The Hall–Kier alpha value is -2.81. The number of esters is 1. The lowest BCUT2D eigenvalue weighted by atomic mass is 10.1. The van der Waals surface area contributed by atoms with E-state index < -0.39 is 0 Å². The number of nitrogens with one attached hydrogen (secondary N) is 1. The molecular weight excluding hydrogens is 308 g/mol. The van der Waals surface area contributed by atoms with Crippen molar-refractivity contribution < 1.29 is 18.7 Å². The van der Waals surface area contributed by atoms with Gasteiger partial charge in [-0.1, -0.05) is 12.8 Å². The predicted octanol–water partition coefficient (Wildman–Crippen LogP) is 3.16. The molecule has 0 atom stereocenters. The Morgan fingerprint density at radius 1 is 1.21 bits per heavy atom. The van der Waals surface area contributed by atoms with Crippen LogP contribution in [-0.2, 0) is 9.53 Å². The number of fused-ring (bicyclic) bond motifs is 1. The maximum atomic E-state index is 12.1. The molecular formula is C18H20N2O4. The Balaban J connectivity index is 1.73. The number of unbranched alkanes of at least 4 members (excludes halogenated alkanes) is 3. The maximum Gasteiger partial charge on any atom is 0.305 e. The van der Waals surface area contributed by atoms with Crippen LogP contribution in [0.4, 0.5) is 0 Å². The normalized spacial score (nSPS) is 10.3. The fraction of sp³-hybridized carbons (Fsp3) is 0.389. The van der Waals surface area contributed by atoms with Crippen molar-refractivity contribution in [3.63, 3.8) is 0 Å². The molecule has 0 bridgehead atoms. The largest absolute Gasteiger partial charge is 0.469 e. The first-order valence-corrected chi connectivity index (χ1v) is 7.92. The second-order valence-electron chi connectivity index (χ2n) is 5.47. The lowest BCUT2D eigenvalue weighted by molar-refractivity contribution is -0.140. The summed E-state index contributed by atoms with van der Waals surface area (Å²) in [6, 6.07) is 8.73. The second kappa shape index (κ2) is 8.73. The van der Waals surface area contributed by atoms with Crippen LogP contribution in [0, 0.1) is 11.3 Å². The minimum Gasteiger partial charge on any atom is -0.469 e. The maximum absolute atomic E-state index is 12.1. The van der Waals surface area contributed by atoms with E-state index >= 15 is 0 Å². The van der Waals surface area contributed by atoms with E-state index in [-0.39, 0.29) is 17.6 Å². The molecule has 2 aromatic rings. The summed E-state index contributed by atoms with van der Waals surface area (Å²) < 4.78 is 10.1. The first-order valence-electron chi connectivity index (χ1n) is 7.92. The summed E-state index contributed by atoms with van der Waals surface area (Å²) in [5.74, 6) is -0.210. The number of carbonyl (C=O) groups is 2. The summed E-state index contributed by atoms with van der Waals surface area (Å²) in [4.78, 5) is 23.0. The van der Waals surface area contributed by atoms with Crippen molar-refractivity contribution >= 4 is 22.8 Å². The summed E-state index contributed by atoms with van der Waals surface area (Å²) in [5, 5.41) is 12.4. The number of nitriles is 1. The zero-order valence-corrected chi connectivity index (χ0v) is 13.6. The van der Waals surface area contributed by atoms with Crippen LogP contribution in [0.15, 0.2) is 28.7 Å². The van der Waals surface area contributed by atoms with E-state index in [0.29, 0.717) is 24.1 Å². The molecule has 1 amide bonds. The highest BCUT2D eigenvalue weighted by molar-refractivity contribution is 5.96. The van der Waals surface area contributed by atoms with E-state index in [9.17, 15) is 9.59 Å². The van der Waals surface area contributed by atoms with Crippen LogP contribution in [0.1, 0.15) is 48.2 Å². The SMILES string of the molecule is COC(=O)CCCCCCNC(=O)c1cc2cc(C#N)ccc2o1. The minimum atomic E-state index is -0.265. The highest BCUT2D eigenvalue weighted by Crippen LogP contribution is 2.20. The highest BCUT2D eigenvalue weighted by Gasteiger charge is 2.12. The van der Waals surface area contributed by atoms with E-state index in [1.807, 2.05) is 0 Å². The first-order chi connectivity index (χ1) is 11.6. The molecule has 1 N–H and O–H groups in total. The molecule has 2 rings (SSSR count). The van der Waals surface area contributed by atoms with Crippen LogP contribution in [0.2, 0.25) is 0 Å². The fourth-order valence-corrected chi connectivity index (χ4v) is 2.36. The van der Waals surface area contributed by atoms with Gasteiger partial charge in [-0.2, -0.15) is 5.26 Å². The standard InChI is InChI=1S/C18H20N2O4/c1-23-17(21)6-4-2-3-5-9-20-18(22)16-11-14-10-13(12-19)7-8-15(14)24-16/h7-8,10-11H,2-6,9H2,1H3,(H,20,22). The van der Waals surface area contributed by atoms with E-state index in [1.54, 1.807) is 24.3 Å². The van der Waals surface area contributed by atoms with Gasteiger partial charge in [-0.3, -0.25) is 9.59 Å². The molecule has 0 fully saturated rings. The number of rotatable bonds is 8. The zero-order valence-electron chi connectivity index (χ0n) is 13.6. The molecule has 1 heterocycles. The summed E-state index contributed by atoms with van der Waals surface area (Å²) in [5.41, 5.74) is 1.11.